The molecular formula is C13H23N5O3. The minimum Gasteiger partial charge on any atom is -0.473 e. The van der Waals surface area contributed by atoms with E-state index in [1.54, 1.807) is 7.11 Å². The number of hydrogen-bond acceptors (Lipinski definition) is 7. The lowest BCUT2D eigenvalue weighted by Gasteiger charge is -2.13. The van der Waals surface area contributed by atoms with Gasteiger partial charge in [0.2, 0.25) is 11.8 Å². The molecule has 1 aromatic rings. The van der Waals surface area contributed by atoms with Gasteiger partial charge in [-0.1, -0.05) is 0 Å². The number of nitrogens with zero attached hydrogens (tertiary/aromatic N) is 2. The second-order valence-electron chi connectivity index (χ2n) is 4.63. The zero-order chi connectivity index (χ0) is 15.7. The standard InChI is InChI=1S/C13H23N5O3/c1-9(2)21-13-11(14)12(17-8-18-13)16-5-4-10(19)15-6-7-20-3/h8-9H,4-7,14H2,1-3H3,(H,15,19)(H,16,17,18). The lowest BCUT2D eigenvalue weighted by Crippen LogP contribution is -2.28. The summed E-state index contributed by atoms with van der Waals surface area (Å²) in [4.78, 5) is 19.5. The van der Waals surface area contributed by atoms with Crippen molar-refractivity contribution >= 4 is 17.4 Å². The van der Waals surface area contributed by atoms with E-state index in [-0.39, 0.29) is 12.0 Å². The molecule has 0 aromatic carbocycles. The number of rotatable bonds is 9. The van der Waals surface area contributed by atoms with Gasteiger partial charge in [-0.25, -0.2) is 4.98 Å². The number of methoxy groups -OCH3 is 1. The summed E-state index contributed by atoms with van der Waals surface area (Å²) in [6, 6.07) is 0. The third-order valence-electron chi connectivity index (χ3n) is 2.47. The Hall–Kier alpha value is -2.09. The Balaban J connectivity index is 2.43. The molecule has 0 aliphatic rings. The zero-order valence-corrected chi connectivity index (χ0v) is 12.7. The van der Waals surface area contributed by atoms with Crippen LogP contribution in [0, 0.1) is 0 Å². The summed E-state index contributed by atoms with van der Waals surface area (Å²) in [6.07, 6.45) is 1.66. The third kappa shape index (κ3) is 6.26. The molecule has 0 unspecified atom stereocenters. The number of amides is 1. The molecule has 118 valence electrons. The fourth-order valence-corrected chi connectivity index (χ4v) is 1.51. The maximum atomic E-state index is 11.5. The minimum atomic E-state index is -0.0640. The molecule has 0 bridgehead atoms. The zero-order valence-electron chi connectivity index (χ0n) is 12.7. The van der Waals surface area contributed by atoms with Crippen LogP contribution in [-0.2, 0) is 9.53 Å². The third-order valence-corrected chi connectivity index (χ3v) is 2.47. The molecule has 1 amide bonds. The van der Waals surface area contributed by atoms with Crippen LogP contribution in [0.15, 0.2) is 6.33 Å². The van der Waals surface area contributed by atoms with E-state index >= 15 is 0 Å². The van der Waals surface area contributed by atoms with E-state index in [0.717, 1.165) is 0 Å². The smallest absolute Gasteiger partial charge is 0.242 e. The first-order chi connectivity index (χ1) is 10.0. The Kier molecular flexibility index (Phi) is 7.24. The SMILES string of the molecule is COCCNC(=O)CCNc1ncnc(OC(C)C)c1N. The quantitative estimate of drug-likeness (QED) is 0.566. The van der Waals surface area contributed by atoms with Crippen molar-refractivity contribution < 1.29 is 14.3 Å². The van der Waals surface area contributed by atoms with E-state index in [0.29, 0.717) is 43.5 Å². The van der Waals surface area contributed by atoms with Crippen LogP contribution in [0.2, 0.25) is 0 Å². The summed E-state index contributed by atoms with van der Waals surface area (Å²) in [6.45, 7) is 5.18. The number of hydrogen-bond donors (Lipinski definition) is 3. The second kappa shape index (κ2) is 8.96. The van der Waals surface area contributed by atoms with E-state index in [4.69, 9.17) is 15.2 Å². The fourth-order valence-electron chi connectivity index (χ4n) is 1.51. The van der Waals surface area contributed by atoms with E-state index in [1.165, 1.54) is 6.33 Å². The molecule has 0 fully saturated rings. The highest BCUT2D eigenvalue weighted by molar-refractivity contribution is 5.76. The molecule has 0 saturated heterocycles. The molecule has 8 heteroatoms. The lowest BCUT2D eigenvalue weighted by molar-refractivity contribution is -0.121. The molecule has 0 spiro atoms. The topological polar surface area (TPSA) is 111 Å². The highest BCUT2D eigenvalue weighted by Gasteiger charge is 2.10. The summed E-state index contributed by atoms with van der Waals surface area (Å²) < 4.78 is 10.3. The number of nitrogens with one attached hydrogen (secondary N) is 2. The van der Waals surface area contributed by atoms with Crippen LogP contribution in [0.3, 0.4) is 0 Å². The maximum Gasteiger partial charge on any atom is 0.242 e. The Bertz CT molecular complexity index is 453. The highest BCUT2D eigenvalue weighted by atomic mass is 16.5. The van der Waals surface area contributed by atoms with Crippen molar-refractivity contribution in [1.29, 1.82) is 0 Å². The number of nitrogen functional groups attached to an aromatic ring is 1. The van der Waals surface area contributed by atoms with Crippen molar-refractivity contribution in [3.63, 3.8) is 0 Å². The van der Waals surface area contributed by atoms with Gasteiger partial charge in [0.1, 0.15) is 12.0 Å². The van der Waals surface area contributed by atoms with Gasteiger partial charge in [-0.3, -0.25) is 4.79 Å². The first-order valence-corrected chi connectivity index (χ1v) is 6.81. The predicted octanol–water partition coefficient (Wildman–Crippen LogP) is 0.411. The van der Waals surface area contributed by atoms with E-state index in [2.05, 4.69) is 20.6 Å². The Morgan fingerprint density at radius 2 is 2.14 bits per heavy atom. The summed E-state index contributed by atoms with van der Waals surface area (Å²) in [7, 11) is 1.59. The van der Waals surface area contributed by atoms with Crippen LogP contribution in [0.4, 0.5) is 11.5 Å². The number of aromatic nitrogens is 2. The molecule has 4 N–H and O–H groups in total. The van der Waals surface area contributed by atoms with Crippen LogP contribution in [-0.4, -0.2) is 48.8 Å². The highest BCUT2D eigenvalue weighted by Crippen LogP contribution is 2.25. The molecule has 1 rings (SSSR count). The Morgan fingerprint density at radius 1 is 1.38 bits per heavy atom. The summed E-state index contributed by atoms with van der Waals surface area (Å²) in [5, 5.41) is 5.73. The summed E-state index contributed by atoms with van der Waals surface area (Å²) >= 11 is 0. The van der Waals surface area contributed by atoms with Crippen LogP contribution in [0.25, 0.3) is 0 Å². The van der Waals surface area contributed by atoms with Crippen molar-refractivity contribution in [1.82, 2.24) is 15.3 Å². The summed E-state index contributed by atoms with van der Waals surface area (Å²) in [5.74, 6) is 0.739. The minimum absolute atomic E-state index is 0.0263. The molecule has 0 aliphatic heterocycles. The largest absolute Gasteiger partial charge is 0.473 e. The normalized spacial score (nSPS) is 10.5. The van der Waals surface area contributed by atoms with Gasteiger partial charge in [0.05, 0.1) is 12.7 Å². The lowest BCUT2D eigenvalue weighted by atomic mass is 10.3. The van der Waals surface area contributed by atoms with E-state index < -0.39 is 0 Å². The summed E-state index contributed by atoms with van der Waals surface area (Å²) in [5.41, 5.74) is 6.26. The molecule has 0 atom stereocenters. The first-order valence-electron chi connectivity index (χ1n) is 6.81. The number of carbonyl (C=O) groups is 1. The average Bonchev–Trinajstić information content (AvgIpc) is 2.42. The van der Waals surface area contributed by atoms with Gasteiger partial charge < -0.3 is 25.8 Å². The fraction of sp³-hybridized carbons (Fsp3) is 0.615. The predicted molar refractivity (Wildman–Crippen MR) is 80.2 cm³/mol. The molecule has 1 heterocycles. The van der Waals surface area contributed by atoms with Crippen LogP contribution in [0.5, 0.6) is 5.88 Å². The molecule has 0 radical (unpaired) electrons. The van der Waals surface area contributed by atoms with Gasteiger partial charge in [0.25, 0.3) is 0 Å². The second-order valence-corrected chi connectivity index (χ2v) is 4.63. The van der Waals surface area contributed by atoms with Gasteiger partial charge in [-0.15, -0.1) is 0 Å². The number of carbonyl (C=O) groups excluding carboxylic acids is 1. The van der Waals surface area contributed by atoms with Crippen molar-refractivity contribution in [3.05, 3.63) is 6.33 Å². The van der Waals surface area contributed by atoms with Crippen molar-refractivity contribution in [3.8, 4) is 5.88 Å². The van der Waals surface area contributed by atoms with Crippen LogP contribution >= 0.6 is 0 Å². The van der Waals surface area contributed by atoms with Crippen molar-refractivity contribution in [2.45, 2.75) is 26.4 Å². The number of nitrogens with two attached hydrogens (primary N) is 1. The van der Waals surface area contributed by atoms with Gasteiger partial charge in [-0.2, -0.15) is 4.98 Å². The van der Waals surface area contributed by atoms with Crippen molar-refractivity contribution in [2.24, 2.45) is 0 Å². The molecule has 1 aromatic heterocycles. The molecule has 8 nitrogen and oxygen atoms in total. The average molecular weight is 297 g/mol. The monoisotopic (exact) mass is 297 g/mol. The van der Waals surface area contributed by atoms with Gasteiger partial charge in [0.15, 0.2) is 5.82 Å². The van der Waals surface area contributed by atoms with E-state index in [1.807, 2.05) is 13.8 Å². The Labute approximate surface area is 124 Å². The first kappa shape index (κ1) is 17.0. The van der Waals surface area contributed by atoms with Gasteiger partial charge >= 0.3 is 0 Å². The molecule has 0 saturated carbocycles. The van der Waals surface area contributed by atoms with Crippen molar-refractivity contribution in [2.75, 3.05) is 37.9 Å². The molecular weight excluding hydrogens is 274 g/mol. The van der Waals surface area contributed by atoms with Crippen LogP contribution in [0.1, 0.15) is 20.3 Å². The Morgan fingerprint density at radius 3 is 2.81 bits per heavy atom. The number of ether oxygens (including phenoxy) is 2. The number of anilines is 2. The molecule has 21 heavy (non-hydrogen) atoms. The van der Waals surface area contributed by atoms with Crippen LogP contribution < -0.4 is 21.1 Å². The maximum absolute atomic E-state index is 11.5. The van der Waals surface area contributed by atoms with Gasteiger partial charge in [0, 0.05) is 26.6 Å². The molecule has 0 aliphatic carbocycles. The van der Waals surface area contributed by atoms with Gasteiger partial charge in [-0.05, 0) is 13.8 Å². The van der Waals surface area contributed by atoms with E-state index in [9.17, 15) is 4.79 Å².